The first-order valence-electron chi connectivity index (χ1n) is 20.5. The number of nitrogens with zero attached hydrogens (tertiary/aromatic N) is 4. The van der Waals surface area contributed by atoms with Crippen LogP contribution >= 0.6 is 0 Å². The van der Waals surface area contributed by atoms with Crippen LogP contribution in [0.2, 0.25) is 0 Å². The molecule has 8 aromatic carbocycles. The summed E-state index contributed by atoms with van der Waals surface area (Å²) in [4.78, 5) is 29.2. The Labute approximate surface area is 360 Å². The van der Waals surface area contributed by atoms with Crippen LogP contribution in [0, 0.1) is 0 Å². The highest BCUT2D eigenvalue weighted by molar-refractivity contribution is 6.04. The fourth-order valence-corrected chi connectivity index (χ4v) is 7.81. The molecular formula is C52H42N8O2. The lowest BCUT2D eigenvalue weighted by atomic mass is 10.1. The largest absolute Gasteiger partial charge is 0.358 e. The van der Waals surface area contributed by atoms with Gasteiger partial charge in [0.1, 0.15) is 12.3 Å². The second-order valence-corrected chi connectivity index (χ2v) is 15.0. The zero-order valence-electron chi connectivity index (χ0n) is 33.5. The lowest BCUT2D eigenvalue weighted by Gasteiger charge is -2.48. The summed E-state index contributed by atoms with van der Waals surface area (Å²) in [5, 5.41) is 6.16. The maximum atomic E-state index is 14.6. The Bertz CT molecular complexity index is 2390. The third-order valence-corrected chi connectivity index (χ3v) is 11.1. The molecule has 10 heteroatoms. The molecule has 0 unspecified atom stereocenters. The zero-order valence-corrected chi connectivity index (χ0v) is 33.5. The molecule has 0 spiro atoms. The predicted octanol–water partition coefficient (Wildman–Crippen LogP) is 10.6. The van der Waals surface area contributed by atoms with Gasteiger partial charge in [-0.3, -0.25) is 0 Å². The van der Waals surface area contributed by atoms with Crippen molar-refractivity contribution in [1.82, 2.24) is 21.7 Å². The minimum Gasteiger partial charge on any atom is -0.245 e. The van der Waals surface area contributed by atoms with Gasteiger partial charge in [-0.2, -0.15) is 0 Å². The molecule has 10 nitrogen and oxygen atoms in total. The molecule has 10 rings (SSSR count). The van der Waals surface area contributed by atoms with Crippen molar-refractivity contribution in [2.75, 3.05) is 20.0 Å². The summed E-state index contributed by atoms with van der Waals surface area (Å²) >= 11 is 0. The van der Waals surface area contributed by atoms with Crippen LogP contribution in [0.5, 0.6) is 0 Å². The van der Waals surface area contributed by atoms with E-state index in [0.29, 0.717) is 22.7 Å². The van der Waals surface area contributed by atoms with Crippen molar-refractivity contribution in [1.29, 1.82) is 0 Å². The van der Waals surface area contributed by atoms with Crippen LogP contribution in [0.25, 0.3) is 44.5 Å². The van der Waals surface area contributed by atoms with Crippen molar-refractivity contribution in [3.8, 4) is 44.5 Å². The Kier molecular flexibility index (Phi) is 10.5. The first-order chi connectivity index (χ1) is 30.6. The molecule has 2 heterocycles. The Morgan fingerprint density at radius 3 is 0.613 bits per heavy atom. The van der Waals surface area contributed by atoms with Crippen LogP contribution in [0.15, 0.2) is 218 Å². The summed E-state index contributed by atoms with van der Waals surface area (Å²) in [6.45, 7) is 0. The highest BCUT2D eigenvalue weighted by Crippen LogP contribution is 2.31. The minimum absolute atomic E-state index is 0.338. The van der Waals surface area contributed by atoms with Gasteiger partial charge in [0.05, 0.1) is 22.7 Å². The van der Waals surface area contributed by atoms with Gasteiger partial charge < -0.3 is 0 Å². The molecule has 2 saturated heterocycles. The van der Waals surface area contributed by atoms with Gasteiger partial charge in [0.15, 0.2) is 0 Å². The lowest BCUT2D eigenvalue weighted by Crippen LogP contribution is -2.81. The van der Waals surface area contributed by atoms with Gasteiger partial charge in [-0.1, -0.05) is 170 Å². The van der Waals surface area contributed by atoms with Gasteiger partial charge >= 0.3 is 12.1 Å². The summed E-state index contributed by atoms with van der Waals surface area (Å²) in [6.07, 6.45) is -1.42. The van der Waals surface area contributed by atoms with Crippen LogP contribution in [0.3, 0.4) is 0 Å². The standard InChI is InChI=1S/C52H42N8O2/c61-51-57(45-29-21-41(22-30-45)37-13-5-1-6-14-37)53-49(54-58(51)46-31-23-42(24-32-46)38-15-7-2-8-16-38)50-55-59(47-33-25-43(26-34-47)39-17-9-3-10-18-39)52(62)60(56-50)48-35-27-44(28-36-48)40-19-11-4-12-20-40/h1-36,49-50,53-56H. The molecule has 0 saturated carbocycles. The average molecular weight is 811 g/mol. The number of benzene rings is 8. The Balaban J connectivity index is 1.01. The predicted molar refractivity (Wildman–Crippen MR) is 248 cm³/mol. The monoisotopic (exact) mass is 810 g/mol. The van der Waals surface area contributed by atoms with E-state index in [1.165, 1.54) is 0 Å². The molecular weight excluding hydrogens is 769 g/mol. The summed E-state index contributed by atoms with van der Waals surface area (Å²) in [6, 6.07) is 71.3. The fraction of sp³-hybridized carbons (Fsp3) is 0.0385. The number of anilines is 4. The molecule has 2 aliphatic rings. The number of hydrogen-bond donors (Lipinski definition) is 4. The molecule has 0 aliphatic carbocycles. The van der Waals surface area contributed by atoms with Gasteiger partial charge in [-0.25, -0.2) is 51.3 Å². The van der Waals surface area contributed by atoms with Crippen molar-refractivity contribution in [2.24, 2.45) is 0 Å². The van der Waals surface area contributed by atoms with E-state index in [4.69, 9.17) is 0 Å². The van der Waals surface area contributed by atoms with Crippen molar-refractivity contribution in [3.63, 3.8) is 0 Å². The molecule has 0 radical (unpaired) electrons. The highest BCUT2D eigenvalue weighted by atomic mass is 16.2. The fourth-order valence-electron chi connectivity index (χ4n) is 7.81. The molecule has 2 fully saturated rings. The Morgan fingerprint density at radius 2 is 0.419 bits per heavy atom. The maximum Gasteiger partial charge on any atom is 0.358 e. The van der Waals surface area contributed by atoms with Crippen LogP contribution in [-0.2, 0) is 0 Å². The van der Waals surface area contributed by atoms with E-state index in [2.05, 4.69) is 70.2 Å². The molecule has 0 bridgehead atoms. The number of carbonyl (C=O) groups is 2. The number of carbonyl (C=O) groups excluding carboxylic acids is 2. The van der Waals surface area contributed by atoms with E-state index >= 15 is 0 Å². The van der Waals surface area contributed by atoms with E-state index < -0.39 is 12.3 Å². The number of amides is 4. The third-order valence-electron chi connectivity index (χ3n) is 11.1. The molecule has 0 atom stereocenters. The number of rotatable bonds is 9. The molecule has 8 aromatic rings. The zero-order chi connectivity index (χ0) is 41.8. The van der Waals surface area contributed by atoms with Gasteiger partial charge in [-0.15, -0.1) is 0 Å². The van der Waals surface area contributed by atoms with Crippen LogP contribution in [0.1, 0.15) is 0 Å². The minimum atomic E-state index is -0.708. The SMILES string of the molecule is O=C1N(c2ccc(-c3ccccc3)cc2)NC(C2NN(c3ccc(-c4ccccc4)cc3)C(=O)N(c3ccc(-c4ccccc4)cc3)N2)NN1c1ccc(-c2ccccc2)cc1. The normalized spacial score (nSPS) is 15.0. The second kappa shape index (κ2) is 17.0. The van der Waals surface area contributed by atoms with Gasteiger partial charge in [0.25, 0.3) is 0 Å². The van der Waals surface area contributed by atoms with Crippen LogP contribution in [0.4, 0.5) is 32.3 Å². The molecule has 4 amide bonds. The molecule has 4 N–H and O–H groups in total. The second-order valence-electron chi connectivity index (χ2n) is 15.0. The van der Waals surface area contributed by atoms with E-state index in [1.807, 2.05) is 170 Å². The highest BCUT2D eigenvalue weighted by Gasteiger charge is 2.42. The van der Waals surface area contributed by atoms with Crippen molar-refractivity contribution in [2.45, 2.75) is 12.3 Å². The van der Waals surface area contributed by atoms with E-state index in [0.717, 1.165) is 44.5 Å². The van der Waals surface area contributed by atoms with Crippen molar-refractivity contribution >= 4 is 34.8 Å². The first-order valence-corrected chi connectivity index (χ1v) is 20.5. The van der Waals surface area contributed by atoms with Crippen molar-refractivity contribution in [3.05, 3.63) is 218 Å². The summed E-state index contributed by atoms with van der Waals surface area (Å²) in [5.41, 5.74) is 24.8. The Morgan fingerprint density at radius 1 is 0.242 bits per heavy atom. The average Bonchev–Trinajstić information content (AvgIpc) is 3.35. The number of hydrogen-bond acceptors (Lipinski definition) is 6. The molecule has 2 aliphatic heterocycles. The van der Waals surface area contributed by atoms with Gasteiger partial charge in [-0.05, 0) is 93.0 Å². The smallest absolute Gasteiger partial charge is 0.245 e. The third kappa shape index (κ3) is 7.81. The topological polar surface area (TPSA) is 95.2 Å². The lowest BCUT2D eigenvalue weighted by molar-refractivity contribution is 0.191. The summed E-state index contributed by atoms with van der Waals surface area (Å²) < 4.78 is 0. The first kappa shape index (κ1) is 38.3. The van der Waals surface area contributed by atoms with E-state index in [1.54, 1.807) is 20.0 Å². The van der Waals surface area contributed by atoms with Crippen molar-refractivity contribution < 1.29 is 9.59 Å². The number of hydrazine groups is 4. The molecule has 62 heavy (non-hydrogen) atoms. The maximum absolute atomic E-state index is 14.6. The molecule has 0 aromatic heterocycles. The van der Waals surface area contributed by atoms with E-state index in [9.17, 15) is 9.59 Å². The molecule has 302 valence electrons. The summed E-state index contributed by atoms with van der Waals surface area (Å²) in [7, 11) is 0. The van der Waals surface area contributed by atoms with Gasteiger partial charge in [0.2, 0.25) is 0 Å². The van der Waals surface area contributed by atoms with Crippen LogP contribution in [-0.4, -0.2) is 24.4 Å². The number of urea groups is 2. The number of nitrogens with one attached hydrogen (secondary N) is 4. The van der Waals surface area contributed by atoms with E-state index in [-0.39, 0.29) is 12.1 Å². The summed E-state index contributed by atoms with van der Waals surface area (Å²) in [5.74, 6) is 0. The van der Waals surface area contributed by atoms with Gasteiger partial charge in [0, 0.05) is 0 Å². The van der Waals surface area contributed by atoms with Crippen LogP contribution < -0.4 is 41.7 Å². The quantitative estimate of drug-likeness (QED) is 0.116. The Hall–Kier alpha value is -7.86.